The Balaban J connectivity index is 3.14. The Morgan fingerprint density at radius 2 is 2.33 bits per heavy atom. The van der Waals surface area contributed by atoms with Crippen LogP contribution < -0.4 is 5.32 Å². The van der Waals surface area contributed by atoms with Gasteiger partial charge in [-0.15, -0.1) is 0 Å². The Morgan fingerprint density at radius 3 is 2.83 bits per heavy atom. The van der Waals surface area contributed by atoms with E-state index in [1.54, 1.807) is 0 Å². The minimum Gasteiger partial charge on any atom is -0.399 e. The summed E-state index contributed by atoms with van der Waals surface area (Å²) in [5.41, 5.74) is 0. The van der Waals surface area contributed by atoms with Crippen LogP contribution in [-0.2, 0) is 4.52 Å². The minimum atomic E-state index is -1.28. The predicted octanol–water partition coefficient (Wildman–Crippen LogP) is 1.14. The number of hydrogen-bond donors (Lipinski definition) is 1. The summed E-state index contributed by atoms with van der Waals surface area (Å²) in [6, 6.07) is 0. The molecule has 1 unspecified atom stereocenters. The molecular weight excluding hydrogens is 182 g/mol. The van der Waals surface area contributed by atoms with Crippen LogP contribution >= 0.6 is 9.12 Å². The van der Waals surface area contributed by atoms with E-state index in [1.165, 1.54) is 0 Å². The molecule has 1 atom stereocenters. The number of carbonyl (C=O) groups is 1. The summed E-state index contributed by atoms with van der Waals surface area (Å²) in [5.74, 6) is 0. The molecule has 0 aliphatic carbocycles. The largest absolute Gasteiger partial charge is 0.411 e. The van der Waals surface area contributed by atoms with Crippen LogP contribution in [0.25, 0.3) is 0 Å². The fourth-order valence-corrected chi connectivity index (χ4v) is 0.799. The molecule has 12 heavy (non-hydrogen) atoms. The summed E-state index contributed by atoms with van der Waals surface area (Å²) in [4.78, 5) is 12.5. The maximum atomic E-state index is 11.4. The van der Waals surface area contributed by atoms with Crippen LogP contribution in [0.5, 0.6) is 0 Å². The highest BCUT2D eigenvalue weighted by Gasteiger charge is 1.99. The molecule has 0 aromatic heterocycles. The number of rotatable bonds is 5. The fourth-order valence-electron chi connectivity index (χ4n) is 0.657. The zero-order chi connectivity index (χ0) is 9.40. The van der Waals surface area contributed by atoms with Gasteiger partial charge in [0, 0.05) is 6.54 Å². The molecule has 0 bridgehead atoms. The first-order chi connectivity index (χ1) is 5.66. The van der Waals surface area contributed by atoms with E-state index >= 15 is 0 Å². The van der Waals surface area contributed by atoms with Crippen LogP contribution in [0.4, 0.5) is 8.99 Å². The van der Waals surface area contributed by atoms with Crippen molar-refractivity contribution in [3.05, 3.63) is 0 Å². The molecule has 0 spiro atoms. The van der Waals surface area contributed by atoms with Crippen LogP contribution in [0.2, 0.25) is 0 Å². The van der Waals surface area contributed by atoms with Gasteiger partial charge in [-0.1, -0.05) is 0 Å². The molecule has 0 radical (unpaired) electrons. The zero-order valence-corrected chi connectivity index (χ0v) is 8.26. The summed E-state index contributed by atoms with van der Waals surface area (Å²) >= 11 is 0. The Morgan fingerprint density at radius 1 is 1.67 bits per heavy atom. The van der Waals surface area contributed by atoms with Crippen molar-refractivity contribution in [3.63, 3.8) is 0 Å². The number of amides is 1. The molecule has 0 aromatic rings. The summed E-state index contributed by atoms with van der Waals surface area (Å²) in [7, 11) is 2.61. The molecule has 6 heteroatoms. The molecule has 1 amide bonds. The number of nitrogens with zero attached hydrogens (tertiary/aromatic N) is 1. The lowest BCUT2D eigenvalue weighted by atomic mass is 10.4. The third-order valence-corrected chi connectivity index (χ3v) is 1.45. The van der Waals surface area contributed by atoms with Gasteiger partial charge < -0.3 is 14.7 Å². The maximum absolute atomic E-state index is 11.4. The van der Waals surface area contributed by atoms with Crippen molar-refractivity contribution in [2.75, 3.05) is 27.2 Å². The lowest BCUT2D eigenvalue weighted by Gasteiger charge is -2.08. The predicted molar refractivity (Wildman–Crippen MR) is 47.1 cm³/mol. The zero-order valence-electron chi connectivity index (χ0n) is 7.26. The van der Waals surface area contributed by atoms with E-state index < -0.39 is 15.2 Å². The standard InChI is InChI=1S/C6H14FN2O2P/c1-9(2)5-3-4-8-6(10)11-12-7/h12H,3-5H2,1-2H3,(H,8,10). The molecule has 0 saturated heterocycles. The monoisotopic (exact) mass is 196 g/mol. The number of halogens is 1. The quantitative estimate of drug-likeness (QED) is 0.529. The second-order valence-electron chi connectivity index (χ2n) is 2.55. The molecule has 0 fully saturated rings. The summed E-state index contributed by atoms with van der Waals surface area (Å²) in [6.45, 7) is 1.40. The van der Waals surface area contributed by atoms with Crippen molar-refractivity contribution in [2.24, 2.45) is 0 Å². The second kappa shape index (κ2) is 7.25. The van der Waals surface area contributed by atoms with Gasteiger partial charge in [-0.3, -0.25) is 0 Å². The maximum Gasteiger partial charge on any atom is 0.411 e. The van der Waals surface area contributed by atoms with E-state index in [1.807, 2.05) is 19.0 Å². The molecule has 4 nitrogen and oxygen atoms in total. The molecular formula is C6H14FN2O2P. The van der Waals surface area contributed by atoms with Crippen LogP contribution in [0.1, 0.15) is 6.42 Å². The van der Waals surface area contributed by atoms with E-state index in [2.05, 4.69) is 9.84 Å². The van der Waals surface area contributed by atoms with Gasteiger partial charge in [0.25, 0.3) is 9.12 Å². The van der Waals surface area contributed by atoms with Gasteiger partial charge in [-0.2, -0.15) is 4.20 Å². The smallest absolute Gasteiger partial charge is 0.399 e. The van der Waals surface area contributed by atoms with Gasteiger partial charge >= 0.3 is 6.09 Å². The van der Waals surface area contributed by atoms with Crippen molar-refractivity contribution in [3.8, 4) is 0 Å². The number of hydrogen-bond acceptors (Lipinski definition) is 3. The van der Waals surface area contributed by atoms with Crippen LogP contribution in [0.3, 0.4) is 0 Å². The number of carbonyl (C=O) groups excluding carboxylic acids is 1. The highest BCUT2D eigenvalue weighted by Crippen LogP contribution is 2.10. The average molecular weight is 196 g/mol. The third-order valence-electron chi connectivity index (χ3n) is 1.18. The molecule has 0 rings (SSSR count). The van der Waals surface area contributed by atoms with Gasteiger partial charge in [0.15, 0.2) is 0 Å². The molecule has 0 aliphatic rings. The van der Waals surface area contributed by atoms with Crippen molar-refractivity contribution in [1.29, 1.82) is 0 Å². The van der Waals surface area contributed by atoms with Crippen LogP contribution in [0, 0.1) is 0 Å². The van der Waals surface area contributed by atoms with Crippen molar-refractivity contribution in [2.45, 2.75) is 6.42 Å². The Labute approximate surface area is 73.4 Å². The van der Waals surface area contributed by atoms with E-state index in [9.17, 15) is 8.99 Å². The lowest BCUT2D eigenvalue weighted by molar-refractivity contribution is 0.204. The summed E-state index contributed by atoms with van der Waals surface area (Å²) in [5, 5.41) is 2.42. The van der Waals surface area contributed by atoms with E-state index in [0.29, 0.717) is 6.54 Å². The lowest BCUT2D eigenvalue weighted by Crippen LogP contribution is -2.25. The van der Waals surface area contributed by atoms with Gasteiger partial charge in [0.2, 0.25) is 0 Å². The van der Waals surface area contributed by atoms with Gasteiger partial charge in [0.1, 0.15) is 0 Å². The third kappa shape index (κ3) is 7.69. The van der Waals surface area contributed by atoms with Gasteiger partial charge in [0.05, 0.1) is 0 Å². The average Bonchev–Trinajstić information content (AvgIpc) is 1.98. The minimum absolute atomic E-state index is 0.515. The normalized spacial score (nSPS) is 11.0. The first-order valence-corrected chi connectivity index (χ1v) is 4.40. The Bertz CT molecular complexity index is 135. The second-order valence-corrected chi connectivity index (χ2v) is 2.91. The Hall–Kier alpha value is -0.410. The van der Waals surface area contributed by atoms with Crippen molar-refractivity contribution < 1.29 is 13.5 Å². The van der Waals surface area contributed by atoms with Crippen molar-refractivity contribution >= 4 is 15.2 Å². The number of nitrogens with one attached hydrogen (secondary N) is 1. The topological polar surface area (TPSA) is 41.6 Å². The highest BCUT2D eigenvalue weighted by molar-refractivity contribution is 7.26. The Kier molecular flexibility index (Phi) is 7.00. The fraction of sp³-hybridized carbons (Fsp3) is 0.833. The molecule has 0 heterocycles. The SMILES string of the molecule is CN(C)CCCNC(=O)OPF. The molecule has 0 aromatic carbocycles. The van der Waals surface area contributed by atoms with Crippen LogP contribution in [0.15, 0.2) is 0 Å². The van der Waals surface area contributed by atoms with E-state index in [-0.39, 0.29) is 0 Å². The van der Waals surface area contributed by atoms with Gasteiger partial charge in [-0.25, -0.2) is 4.79 Å². The summed E-state index contributed by atoms with van der Waals surface area (Å²) in [6.07, 6.45) is 0.145. The first kappa shape index (κ1) is 11.6. The molecule has 0 saturated carbocycles. The molecule has 72 valence electrons. The van der Waals surface area contributed by atoms with E-state index in [4.69, 9.17) is 0 Å². The highest BCUT2D eigenvalue weighted by atomic mass is 31.1. The van der Waals surface area contributed by atoms with E-state index in [0.717, 1.165) is 13.0 Å². The van der Waals surface area contributed by atoms with Crippen molar-refractivity contribution in [1.82, 2.24) is 10.2 Å². The first-order valence-electron chi connectivity index (χ1n) is 3.62. The summed E-state index contributed by atoms with van der Waals surface area (Å²) < 4.78 is 15.5. The molecule has 0 aliphatic heterocycles. The molecule has 1 N–H and O–H groups in total. The van der Waals surface area contributed by atoms with Gasteiger partial charge in [-0.05, 0) is 27.1 Å². The van der Waals surface area contributed by atoms with Crippen LogP contribution in [-0.4, -0.2) is 38.2 Å².